The van der Waals surface area contributed by atoms with Gasteiger partial charge in [-0.1, -0.05) is 104 Å². The van der Waals surface area contributed by atoms with Gasteiger partial charge in [0.25, 0.3) is 0 Å². The average Bonchev–Trinajstić information content (AvgIpc) is 2.97. The Morgan fingerprint density at radius 1 is 0.675 bits per heavy atom. The molecular formula is C36H49NO3. The highest BCUT2D eigenvalue weighted by atomic mass is 16.5. The molecule has 4 nitrogen and oxygen atoms in total. The minimum atomic E-state index is -0.163. The van der Waals surface area contributed by atoms with E-state index in [1.807, 2.05) is 55.6 Å². The van der Waals surface area contributed by atoms with Gasteiger partial charge in [0.15, 0.2) is 0 Å². The molecule has 3 rings (SSSR count). The Morgan fingerprint density at radius 2 is 1.27 bits per heavy atom. The van der Waals surface area contributed by atoms with Crippen molar-refractivity contribution in [1.29, 1.82) is 0 Å². The molecule has 40 heavy (non-hydrogen) atoms. The number of aromatic nitrogens is 1. The van der Waals surface area contributed by atoms with Crippen molar-refractivity contribution in [2.24, 2.45) is 11.8 Å². The summed E-state index contributed by atoms with van der Waals surface area (Å²) in [6, 6.07) is 20.0. The van der Waals surface area contributed by atoms with E-state index in [2.05, 4.69) is 44.0 Å². The van der Waals surface area contributed by atoms with Crippen LogP contribution in [-0.2, 0) is 4.79 Å². The van der Waals surface area contributed by atoms with Gasteiger partial charge in [0.2, 0.25) is 0 Å². The third kappa shape index (κ3) is 11.2. The molecule has 0 fully saturated rings. The van der Waals surface area contributed by atoms with Gasteiger partial charge in [0.05, 0.1) is 18.2 Å². The topological polar surface area (TPSA) is 48.4 Å². The summed E-state index contributed by atoms with van der Waals surface area (Å²) >= 11 is 0. The second kappa shape index (κ2) is 17.5. The van der Waals surface area contributed by atoms with Gasteiger partial charge >= 0.3 is 5.97 Å². The Balaban J connectivity index is 1.43. The lowest BCUT2D eigenvalue weighted by Crippen LogP contribution is -2.17. The van der Waals surface area contributed by atoms with Crippen molar-refractivity contribution in [3.8, 4) is 33.9 Å². The fraction of sp³-hybridized carbons (Fsp3) is 0.500. The first kappa shape index (κ1) is 31.4. The molecule has 1 aromatic heterocycles. The SMILES string of the molecule is CCCCCCCCCCOc1ccc(-c2ccc(-c3ccc(OC(=O)[C@@H](C)CCCC(C)C)cc3)nc2)cc1. The molecule has 4 heteroatoms. The van der Waals surface area contributed by atoms with Gasteiger partial charge in [-0.05, 0) is 66.8 Å². The van der Waals surface area contributed by atoms with Crippen molar-refractivity contribution in [2.75, 3.05) is 6.61 Å². The minimum absolute atomic E-state index is 0.0943. The van der Waals surface area contributed by atoms with Crippen LogP contribution in [0.15, 0.2) is 66.9 Å². The zero-order chi connectivity index (χ0) is 28.6. The summed E-state index contributed by atoms with van der Waals surface area (Å²) in [6.45, 7) is 9.40. The van der Waals surface area contributed by atoms with Crippen LogP contribution in [0.4, 0.5) is 0 Å². The number of pyridine rings is 1. The summed E-state index contributed by atoms with van der Waals surface area (Å²) in [6.07, 6.45) is 15.4. The first-order valence-electron chi connectivity index (χ1n) is 15.5. The molecule has 3 aromatic rings. The predicted molar refractivity (Wildman–Crippen MR) is 167 cm³/mol. The standard InChI is InChI=1S/C36H49NO3/c1-5-6-7-8-9-10-11-12-26-39-33-21-16-30(17-22-33)32-20-25-35(37-27-32)31-18-23-34(24-19-31)40-36(38)29(4)15-13-14-28(2)3/h16-25,27-29H,5-15,26H2,1-4H3/t29-/m0/s1. The molecule has 0 saturated carbocycles. The van der Waals surface area contributed by atoms with E-state index in [1.165, 1.54) is 44.9 Å². The van der Waals surface area contributed by atoms with Crippen molar-refractivity contribution < 1.29 is 14.3 Å². The number of esters is 1. The number of hydrogen-bond acceptors (Lipinski definition) is 4. The molecule has 0 bridgehead atoms. The maximum Gasteiger partial charge on any atom is 0.314 e. The zero-order valence-corrected chi connectivity index (χ0v) is 25.2. The highest BCUT2D eigenvalue weighted by Gasteiger charge is 2.15. The molecule has 0 aliphatic rings. The summed E-state index contributed by atoms with van der Waals surface area (Å²) in [5.41, 5.74) is 4.05. The van der Waals surface area contributed by atoms with Crippen LogP contribution in [0.1, 0.15) is 98.3 Å². The fourth-order valence-electron chi connectivity index (χ4n) is 4.77. The lowest BCUT2D eigenvalue weighted by Gasteiger charge is -2.12. The maximum atomic E-state index is 12.4. The van der Waals surface area contributed by atoms with Crippen molar-refractivity contribution >= 4 is 5.97 Å². The molecule has 0 aliphatic heterocycles. The second-order valence-corrected chi connectivity index (χ2v) is 11.5. The van der Waals surface area contributed by atoms with Crippen molar-refractivity contribution in [2.45, 2.75) is 98.3 Å². The van der Waals surface area contributed by atoms with Crippen LogP contribution in [0, 0.1) is 11.8 Å². The summed E-state index contributed by atoms with van der Waals surface area (Å²) in [4.78, 5) is 17.1. The van der Waals surface area contributed by atoms with Crippen LogP contribution in [-0.4, -0.2) is 17.6 Å². The van der Waals surface area contributed by atoms with E-state index in [0.717, 1.165) is 60.4 Å². The Hall–Kier alpha value is -3.14. The van der Waals surface area contributed by atoms with Gasteiger partial charge in [-0.25, -0.2) is 0 Å². The normalized spacial score (nSPS) is 11.9. The number of ether oxygens (including phenoxy) is 2. The van der Waals surface area contributed by atoms with E-state index in [-0.39, 0.29) is 11.9 Å². The number of carbonyl (C=O) groups is 1. The molecule has 216 valence electrons. The van der Waals surface area contributed by atoms with Crippen LogP contribution in [0.2, 0.25) is 0 Å². The van der Waals surface area contributed by atoms with E-state index >= 15 is 0 Å². The Kier molecular flexibility index (Phi) is 13.8. The van der Waals surface area contributed by atoms with Crippen LogP contribution in [0.5, 0.6) is 11.5 Å². The van der Waals surface area contributed by atoms with Gasteiger partial charge in [-0.15, -0.1) is 0 Å². The molecule has 0 N–H and O–H groups in total. The van der Waals surface area contributed by atoms with Crippen LogP contribution in [0.3, 0.4) is 0 Å². The molecule has 0 aliphatic carbocycles. The largest absolute Gasteiger partial charge is 0.494 e. The molecule has 0 unspecified atom stereocenters. The van der Waals surface area contributed by atoms with E-state index in [9.17, 15) is 4.79 Å². The van der Waals surface area contributed by atoms with Gasteiger partial charge in [-0.2, -0.15) is 0 Å². The van der Waals surface area contributed by atoms with Crippen LogP contribution in [0.25, 0.3) is 22.4 Å². The summed E-state index contributed by atoms with van der Waals surface area (Å²) in [5, 5.41) is 0. The van der Waals surface area contributed by atoms with Gasteiger partial charge in [0, 0.05) is 17.3 Å². The smallest absolute Gasteiger partial charge is 0.314 e. The second-order valence-electron chi connectivity index (χ2n) is 11.5. The molecule has 0 spiro atoms. The predicted octanol–water partition coefficient (Wildman–Crippen LogP) is 10.3. The first-order chi connectivity index (χ1) is 19.5. The van der Waals surface area contributed by atoms with Crippen molar-refractivity contribution in [3.63, 3.8) is 0 Å². The quantitative estimate of drug-likeness (QED) is 0.0909. The zero-order valence-electron chi connectivity index (χ0n) is 25.2. The third-order valence-corrected chi connectivity index (χ3v) is 7.41. The molecule has 0 amide bonds. The van der Waals surface area contributed by atoms with E-state index in [1.54, 1.807) is 0 Å². The fourth-order valence-corrected chi connectivity index (χ4v) is 4.77. The number of unbranched alkanes of at least 4 members (excludes halogenated alkanes) is 7. The van der Waals surface area contributed by atoms with Crippen LogP contribution < -0.4 is 9.47 Å². The minimum Gasteiger partial charge on any atom is -0.494 e. The lowest BCUT2D eigenvalue weighted by atomic mass is 10.00. The number of nitrogens with zero attached hydrogens (tertiary/aromatic N) is 1. The monoisotopic (exact) mass is 543 g/mol. The van der Waals surface area contributed by atoms with Crippen molar-refractivity contribution in [3.05, 3.63) is 66.9 Å². The van der Waals surface area contributed by atoms with E-state index in [0.29, 0.717) is 11.7 Å². The number of hydrogen-bond donors (Lipinski definition) is 0. The Morgan fingerprint density at radius 3 is 1.90 bits per heavy atom. The highest BCUT2D eigenvalue weighted by molar-refractivity contribution is 5.75. The van der Waals surface area contributed by atoms with E-state index in [4.69, 9.17) is 9.47 Å². The molecule has 0 saturated heterocycles. The summed E-state index contributed by atoms with van der Waals surface area (Å²) < 4.78 is 11.5. The lowest BCUT2D eigenvalue weighted by molar-refractivity contribution is -0.138. The molecule has 2 aromatic carbocycles. The average molecular weight is 544 g/mol. The maximum absolute atomic E-state index is 12.4. The number of rotatable bonds is 18. The van der Waals surface area contributed by atoms with Gasteiger partial charge in [-0.3, -0.25) is 9.78 Å². The van der Waals surface area contributed by atoms with Gasteiger partial charge in [0.1, 0.15) is 11.5 Å². The molecule has 0 radical (unpaired) electrons. The molecule has 1 atom stereocenters. The Bertz CT molecular complexity index is 1100. The Labute approximate surface area is 242 Å². The molecular weight excluding hydrogens is 494 g/mol. The van der Waals surface area contributed by atoms with Crippen molar-refractivity contribution in [1.82, 2.24) is 4.98 Å². The number of benzene rings is 2. The third-order valence-electron chi connectivity index (χ3n) is 7.41. The van der Waals surface area contributed by atoms with Crippen LogP contribution >= 0.6 is 0 Å². The highest BCUT2D eigenvalue weighted by Crippen LogP contribution is 2.26. The van der Waals surface area contributed by atoms with E-state index < -0.39 is 0 Å². The first-order valence-corrected chi connectivity index (χ1v) is 15.5. The number of carbonyl (C=O) groups excluding carboxylic acids is 1. The molecule has 1 heterocycles. The van der Waals surface area contributed by atoms with Gasteiger partial charge < -0.3 is 9.47 Å². The summed E-state index contributed by atoms with van der Waals surface area (Å²) in [7, 11) is 0. The summed E-state index contributed by atoms with van der Waals surface area (Å²) in [5.74, 6) is 1.90.